The first-order valence-electron chi connectivity index (χ1n) is 5.34. The molecule has 0 amide bonds. The van der Waals surface area contributed by atoms with Crippen molar-refractivity contribution in [3.05, 3.63) is 0 Å². The molecule has 0 saturated heterocycles. The topological polar surface area (TPSA) is 0 Å². The van der Waals surface area contributed by atoms with Crippen molar-refractivity contribution in [2.45, 2.75) is 57.9 Å². The molecule has 0 radical (unpaired) electrons. The van der Waals surface area contributed by atoms with Gasteiger partial charge in [-0.05, 0) is 12.8 Å². The molecule has 0 aromatic carbocycles. The van der Waals surface area contributed by atoms with Gasteiger partial charge in [-0.15, -0.1) is 0 Å². The summed E-state index contributed by atoms with van der Waals surface area (Å²) < 4.78 is -4.21. The third-order valence-electron chi connectivity index (χ3n) is 2.90. The van der Waals surface area contributed by atoms with E-state index in [0.29, 0.717) is 12.8 Å². The van der Waals surface area contributed by atoms with Gasteiger partial charge in [-0.25, -0.2) is 0 Å². The maximum absolute atomic E-state index is 6.20. The Balaban J connectivity index is 2.91. The van der Waals surface area contributed by atoms with E-state index in [2.05, 4.69) is 0 Å². The normalized spacial score (nSPS) is 29.6. The highest BCUT2D eigenvalue weighted by Gasteiger charge is 2.59. The quantitative estimate of drug-likeness (QED) is 0.454. The molecule has 1 aliphatic rings. The van der Waals surface area contributed by atoms with Gasteiger partial charge in [0.1, 0.15) is 0 Å². The van der Waals surface area contributed by atoms with Crippen molar-refractivity contribution in [1.29, 1.82) is 0 Å². The lowest BCUT2D eigenvalue weighted by atomic mass is 9.99. The van der Waals surface area contributed by atoms with Gasteiger partial charge in [-0.3, -0.25) is 0 Å². The van der Waals surface area contributed by atoms with Gasteiger partial charge in [-0.1, -0.05) is 102 Å². The molecule has 0 spiro atoms. The zero-order chi connectivity index (χ0) is 12.4. The molecule has 0 unspecified atom stereocenters. The fraction of sp³-hybridized carbons (Fsp3) is 1.00. The Morgan fingerprint density at radius 1 is 0.500 bits per heavy atom. The second kappa shape index (κ2) is 5.80. The summed E-state index contributed by atoms with van der Waals surface area (Å²) in [4.78, 5) is 0. The van der Waals surface area contributed by atoms with Crippen LogP contribution >= 0.6 is 69.6 Å². The zero-order valence-electron chi connectivity index (χ0n) is 8.72. The molecule has 0 nitrogen and oxygen atoms in total. The van der Waals surface area contributed by atoms with Gasteiger partial charge in [-0.2, -0.15) is 0 Å². The molecule has 1 rings (SSSR count). The van der Waals surface area contributed by atoms with E-state index in [-0.39, 0.29) is 0 Å². The molecular weight excluding hydrogens is 333 g/mol. The number of hydrogen-bond donors (Lipinski definition) is 0. The van der Waals surface area contributed by atoms with Gasteiger partial charge in [0.25, 0.3) is 0 Å². The number of hydrogen-bond acceptors (Lipinski definition) is 0. The van der Waals surface area contributed by atoms with E-state index in [0.717, 1.165) is 32.1 Å². The summed E-state index contributed by atoms with van der Waals surface area (Å²) in [5.74, 6) is 0. The maximum atomic E-state index is 6.20. The van der Waals surface area contributed by atoms with Gasteiger partial charge in [0.05, 0.1) is 0 Å². The van der Waals surface area contributed by atoms with Gasteiger partial charge < -0.3 is 0 Å². The van der Waals surface area contributed by atoms with Crippen LogP contribution in [0.5, 0.6) is 0 Å². The molecule has 0 atom stereocenters. The van der Waals surface area contributed by atoms with E-state index in [1.807, 2.05) is 0 Å². The van der Waals surface area contributed by atoms with Gasteiger partial charge >= 0.3 is 0 Å². The Morgan fingerprint density at radius 3 is 1.19 bits per heavy atom. The zero-order valence-corrected chi connectivity index (χ0v) is 13.3. The predicted molar refractivity (Wildman–Crippen MR) is 75.6 cm³/mol. The van der Waals surface area contributed by atoms with Crippen molar-refractivity contribution < 1.29 is 0 Å². The van der Waals surface area contributed by atoms with Crippen LogP contribution in [-0.4, -0.2) is 13.0 Å². The predicted octanol–water partition coefficient (Wildman–Crippen LogP) is 6.25. The van der Waals surface area contributed by atoms with Crippen molar-refractivity contribution in [2.24, 2.45) is 0 Å². The van der Waals surface area contributed by atoms with E-state index in [1.165, 1.54) is 0 Å². The fourth-order valence-electron chi connectivity index (χ4n) is 1.81. The largest absolute Gasteiger partial charge is 0.183 e. The number of rotatable bonds is 0. The minimum Gasteiger partial charge on any atom is -0.0982 e. The lowest BCUT2D eigenvalue weighted by Crippen LogP contribution is -2.50. The van der Waals surface area contributed by atoms with Crippen molar-refractivity contribution in [3.63, 3.8) is 0 Å². The minimum atomic E-state index is -1.57. The summed E-state index contributed by atoms with van der Waals surface area (Å²) in [7, 11) is 0. The Kier molecular flexibility index (Phi) is 5.73. The molecule has 96 valence electrons. The van der Waals surface area contributed by atoms with Gasteiger partial charge in [0, 0.05) is 0 Å². The van der Waals surface area contributed by atoms with Crippen molar-refractivity contribution >= 4 is 69.6 Å². The lowest BCUT2D eigenvalue weighted by molar-refractivity contribution is 0.453. The van der Waals surface area contributed by atoms with E-state index in [1.54, 1.807) is 0 Å². The average molecular weight is 347 g/mol. The SMILES string of the molecule is ClC1(Cl)CCCCCCCC(Cl)(Cl)C1(Cl)Cl. The van der Waals surface area contributed by atoms with Crippen molar-refractivity contribution in [3.8, 4) is 0 Å². The molecule has 0 aromatic rings. The highest BCUT2D eigenvalue weighted by atomic mass is 35.5. The van der Waals surface area contributed by atoms with Crippen LogP contribution in [-0.2, 0) is 0 Å². The molecule has 0 heterocycles. The molecule has 1 saturated carbocycles. The molecule has 6 heteroatoms. The molecule has 16 heavy (non-hydrogen) atoms. The standard InChI is InChI=1S/C10H14Cl6/c11-8(12)6-4-2-1-3-5-7-9(13,14)10(8,15)16/h1-7H2. The second-order valence-electron chi connectivity index (χ2n) is 4.25. The first kappa shape index (κ1) is 15.8. The highest BCUT2D eigenvalue weighted by Crippen LogP contribution is 2.58. The van der Waals surface area contributed by atoms with Crippen LogP contribution in [0, 0.1) is 0 Å². The summed E-state index contributed by atoms with van der Waals surface area (Å²) in [6.07, 6.45) is 6.00. The number of alkyl halides is 6. The Labute approximate surface area is 127 Å². The van der Waals surface area contributed by atoms with E-state index in [4.69, 9.17) is 69.6 Å². The first-order valence-corrected chi connectivity index (χ1v) is 7.61. The Bertz CT molecular complexity index is 213. The minimum absolute atomic E-state index is 0.490. The Hall–Kier alpha value is 1.74. The van der Waals surface area contributed by atoms with E-state index < -0.39 is 13.0 Å². The van der Waals surface area contributed by atoms with Crippen LogP contribution in [0.25, 0.3) is 0 Å². The molecular formula is C10H14Cl6. The van der Waals surface area contributed by atoms with Crippen LogP contribution in [0.4, 0.5) is 0 Å². The first-order chi connectivity index (χ1) is 7.21. The fourth-order valence-corrected chi connectivity index (χ4v) is 3.56. The summed E-state index contributed by atoms with van der Waals surface area (Å²) in [6, 6.07) is 0. The summed E-state index contributed by atoms with van der Waals surface area (Å²) in [5, 5.41) is 0. The molecule has 0 aromatic heterocycles. The molecule has 1 aliphatic carbocycles. The van der Waals surface area contributed by atoms with Crippen molar-refractivity contribution in [1.82, 2.24) is 0 Å². The van der Waals surface area contributed by atoms with Crippen LogP contribution in [0.2, 0.25) is 0 Å². The number of halogens is 6. The van der Waals surface area contributed by atoms with Crippen LogP contribution < -0.4 is 0 Å². The monoisotopic (exact) mass is 344 g/mol. The van der Waals surface area contributed by atoms with Gasteiger partial charge in [0.2, 0.25) is 0 Å². The molecule has 0 N–H and O–H groups in total. The van der Waals surface area contributed by atoms with Crippen LogP contribution in [0.15, 0.2) is 0 Å². The van der Waals surface area contributed by atoms with Crippen LogP contribution in [0.1, 0.15) is 44.9 Å². The van der Waals surface area contributed by atoms with Crippen molar-refractivity contribution in [2.75, 3.05) is 0 Å². The molecule has 1 fully saturated rings. The third-order valence-corrected chi connectivity index (χ3v) is 6.85. The third kappa shape index (κ3) is 3.39. The second-order valence-corrected chi connectivity index (χ2v) is 8.55. The van der Waals surface area contributed by atoms with E-state index in [9.17, 15) is 0 Å². The highest BCUT2D eigenvalue weighted by molar-refractivity contribution is 6.69. The van der Waals surface area contributed by atoms with E-state index >= 15 is 0 Å². The smallest absolute Gasteiger partial charge is 0.0982 e. The molecule has 0 bridgehead atoms. The summed E-state index contributed by atoms with van der Waals surface area (Å²) in [5.41, 5.74) is 0. The average Bonchev–Trinajstić information content (AvgIpc) is 2.14. The Morgan fingerprint density at radius 2 is 0.812 bits per heavy atom. The summed E-state index contributed by atoms with van der Waals surface area (Å²) in [6.45, 7) is 0. The summed E-state index contributed by atoms with van der Waals surface area (Å²) >= 11 is 37.1. The van der Waals surface area contributed by atoms with Crippen LogP contribution in [0.3, 0.4) is 0 Å². The molecule has 0 aliphatic heterocycles. The van der Waals surface area contributed by atoms with Gasteiger partial charge in [0.15, 0.2) is 13.0 Å². The maximum Gasteiger partial charge on any atom is 0.183 e. The lowest BCUT2D eigenvalue weighted by Gasteiger charge is -2.41.